The highest BCUT2D eigenvalue weighted by Crippen LogP contribution is 2.41. The summed E-state index contributed by atoms with van der Waals surface area (Å²) in [4.78, 5) is 13.0. The second kappa shape index (κ2) is 9.67. The normalized spacial score (nSPS) is 17.3. The third-order valence-corrected chi connectivity index (χ3v) is 8.57. The van der Waals surface area contributed by atoms with Gasteiger partial charge in [-0.05, 0) is 50.2 Å². The maximum absolute atomic E-state index is 13.0. The van der Waals surface area contributed by atoms with Crippen LogP contribution in [0.2, 0.25) is 0 Å². The van der Waals surface area contributed by atoms with Gasteiger partial charge < -0.3 is 14.8 Å². The van der Waals surface area contributed by atoms with Crippen molar-refractivity contribution in [2.24, 2.45) is 0 Å². The van der Waals surface area contributed by atoms with Crippen molar-refractivity contribution in [3.63, 3.8) is 0 Å². The van der Waals surface area contributed by atoms with Crippen LogP contribution in [0.4, 0.5) is 5.69 Å². The molecular formula is C23H31N3O7S2. The van der Waals surface area contributed by atoms with Crippen molar-refractivity contribution in [2.75, 3.05) is 38.3 Å². The molecule has 0 radical (unpaired) electrons. The lowest BCUT2D eigenvalue weighted by Gasteiger charge is -2.38. The van der Waals surface area contributed by atoms with Crippen LogP contribution >= 0.6 is 0 Å². The number of benzene rings is 2. The molecule has 1 N–H and O–H groups in total. The Balaban J connectivity index is 1.84. The van der Waals surface area contributed by atoms with Crippen LogP contribution in [0.25, 0.3) is 0 Å². The molecule has 0 aliphatic carbocycles. The zero-order valence-corrected chi connectivity index (χ0v) is 22.2. The molecule has 10 nitrogen and oxygen atoms in total. The van der Waals surface area contributed by atoms with Crippen LogP contribution in [-0.4, -0.2) is 66.7 Å². The van der Waals surface area contributed by atoms with Gasteiger partial charge in [-0.1, -0.05) is 0 Å². The van der Waals surface area contributed by atoms with Crippen molar-refractivity contribution in [3.05, 3.63) is 48.0 Å². The lowest BCUT2D eigenvalue weighted by Crippen LogP contribution is -2.45. The number of hydrogen-bond acceptors (Lipinski definition) is 7. The highest BCUT2D eigenvalue weighted by molar-refractivity contribution is 7.92. The van der Waals surface area contributed by atoms with Crippen molar-refractivity contribution >= 4 is 31.6 Å². The number of fused-ring (bicyclic) bond motifs is 1. The fourth-order valence-electron chi connectivity index (χ4n) is 3.85. The number of sulfonamides is 2. The Labute approximate surface area is 206 Å². The van der Waals surface area contributed by atoms with Crippen LogP contribution in [0.3, 0.4) is 0 Å². The second-order valence-electron chi connectivity index (χ2n) is 9.14. The maximum atomic E-state index is 13.0. The maximum Gasteiger partial charge on any atom is 0.242 e. The van der Waals surface area contributed by atoms with Gasteiger partial charge in [0.25, 0.3) is 0 Å². The van der Waals surface area contributed by atoms with E-state index in [4.69, 9.17) is 9.47 Å². The Morgan fingerprint density at radius 3 is 2.29 bits per heavy atom. The third-order valence-electron chi connectivity index (χ3n) is 5.60. The number of anilines is 1. The van der Waals surface area contributed by atoms with Gasteiger partial charge >= 0.3 is 0 Å². The zero-order valence-electron chi connectivity index (χ0n) is 20.6. The highest BCUT2D eigenvalue weighted by Gasteiger charge is 2.35. The predicted molar refractivity (Wildman–Crippen MR) is 133 cm³/mol. The van der Waals surface area contributed by atoms with Gasteiger partial charge in [0.2, 0.25) is 26.0 Å². The number of methoxy groups -OCH3 is 1. The monoisotopic (exact) mass is 525 g/mol. The Hall–Kier alpha value is -2.83. The van der Waals surface area contributed by atoms with E-state index < -0.39 is 44.1 Å². The van der Waals surface area contributed by atoms with Gasteiger partial charge in [-0.25, -0.2) is 21.1 Å². The Kier molecular flexibility index (Phi) is 7.39. The molecule has 0 saturated heterocycles. The molecule has 1 unspecified atom stereocenters. The summed E-state index contributed by atoms with van der Waals surface area (Å²) in [5, 5.41) is 2.92. The van der Waals surface area contributed by atoms with Crippen LogP contribution in [0, 0.1) is 0 Å². The summed E-state index contributed by atoms with van der Waals surface area (Å²) < 4.78 is 63.0. The van der Waals surface area contributed by atoms with E-state index in [1.165, 1.54) is 38.4 Å². The molecule has 192 valence electrons. The predicted octanol–water partition coefficient (Wildman–Crippen LogP) is 2.13. The summed E-state index contributed by atoms with van der Waals surface area (Å²) >= 11 is 0. The number of amides is 1. The molecule has 0 saturated carbocycles. The lowest BCUT2D eigenvalue weighted by molar-refractivity contribution is -0.120. The van der Waals surface area contributed by atoms with E-state index in [1.807, 2.05) is 19.9 Å². The minimum atomic E-state index is -3.84. The molecule has 1 aliphatic heterocycles. The molecule has 1 aliphatic rings. The average Bonchev–Trinajstić information content (AvgIpc) is 2.75. The van der Waals surface area contributed by atoms with Crippen LogP contribution in [0.1, 0.15) is 31.9 Å². The number of hydrogen-bond donors (Lipinski definition) is 1. The first-order valence-electron chi connectivity index (χ1n) is 10.8. The van der Waals surface area contributed by atoms with Gasteiger partial charge in [-0.15, -0.1) is 0 Å². The number of carbonyl (C=O) groups excluding carboxylic acids is 1. The molecule has 0 fully saturated rings. The van der Waals surface area contributed by atoms with E-state index in [0.29, 0.717) is 17.9 Å². The summed E-state index contributed by atoms with van der Waals surface area (Å²) in [6.07, 6.45) is 1.47. The van der Waals surface area contributed by atoms with Gasteiger partial charge in [-0.2, -0.15) is 0 Å². The van der Waals surface area contributed by atoms with E-state index in [-0.39, 0.29) is 10.6 Å². The van der Waals surface area contributed by atoms with Crippen LogP contribution in [-0.2, 0) is 24.8 Å². The fourth-order valence-corrected chi connectivity index (χ4v) is 5.61. The molecule has 1 amide bonds. The number of carbonyl (C=O) groups is 1. The number of nitrogens with zero attached hydrogens (tertiary/aromatic N) is 2. The van der Waals surface area contributed by atoms with Gasteiger partial charge in [0, 0.05) is 32.1 Å². The third kappa shape index (κ3) is 6.06. The first-order valence-corrected chi connectivity index (χ1v) is 14.1. The number of rotatable bonds is 8. The van der Waals surface area contributed by atoms with Crippen LogP contribution in [0.5, 0.6) is 11.5 Å². The standard InChI is InChI=1S/C23H31N3O7S2/c1-23(2)14-20(19-12-9-17(32-5)13-21(19)33-23)24-22(27)15-26(34(6,28)29)16-7-10-18(11-8-16)35(30,31)25(3)4/h7-13,20H,14-15H2,1-6H3,(H,24,27). The minimum Gasteiger partial charge on any atom is -0.497 e. The van der Waals surface area contributed by atoms with Crippen molar-refractivity contribution in [3.8, 4) is 11.5 Å². The smallest absolute Gasteiger partial charge is 0.242 e. The van der Waals surface area contributed by atoms with Gasteiger partial charge in [-0.3, -0.25) is 9.10 Å². The molecule has 1 heterocycles. The Morgan fingerprint density at radius 1 is 1.11 bits per heavy atom. The van der Waals surface area contributed by atoms with Gasteiger partial charge in [0.1, 0.15) is 23.6 Å². The highest BCUT2D eigenvalue weighted by atomic mass is 32.2. The molecular weight excluding hydrogens is 494 g/mol. The first kappa shape index (κ1) is 26.8. The molecule has 12 heteroatoms. The summed E-state index contributed by atoms with van der Waals surface area (Å²) in [5.74, 6) is 0.697. The van der Waals surface area contributed by atoms with E-state index in [2.05, 4.69) is 5.32 Å². The van der Waals surface area contributed by atoms with E-state index in [1.54, 1.807) is 19.2 Å². The molecule has 0 aromatic heterocycles. The number of nitrogens with one attached hydrogen (secondary N) is 1. The average molecular weight is 526 g/mol. The molecule has 35 heavy (non-hydrogen) atoms. The van der Waals surface area contributed by atoms with Crippen molar-refractivity contribution in [1.29, 1.82) is 0 Å². The summed E-state index contributed by atoms with van der Waals surface area (Å²) in [6, 6.07) is 10.3. The van der Waals surface area contributed by atoms with Crippen LogP contribution in [0.15, 0.2) is 47.4 Å². The summed E-state index contributed by atoms with van der Waals surface area (Å²) in [5.41, 5.74) is 0.377. The number of ether oxygens (including phenoxy) is 2. The molecule has 0 spiro atoms. The SMILES string of the molecule is COc1ccc2c(c1)OC(C)(C)CC2NC(=O)CN(c1ccc(S(=O)(=O)N(C)C)cc1)S(C)(=O)=O. The van der Waals surface area contributed by atoms with Gasteiger partial charge in [0.05, 0.1) is 30.0 Å². The molecule has 0 bridgehead atoms. The molecule has 2 aromatic carbocycles. The second-order valence-corrected chi connectivity index (χ2v) is 13.2. The summed E-state index contributed by atoms with van der Waals surface area (Å²) in [6.45, 7) is 3.34. The zero-order chi connectivity index (χ0) is 26.2. The van der Waals surface area contributed by atoms with Gasteiger partial charge in [0.15, 0.2) is 0 Å². The fraction of sp³-hybridized carbons (Fsp3) is 0.435. The molecule has 3 rings (SSSR count). The van der Waals surface area contributed by atoms with E-state index >= 15 is 0 Å². The van der Waals surface area contributed by atoms with Crippen molar-refractivity contribution < 1.29 is 31.1 Å². The largest absolute Gasteiger partial charge is 0.497 e. The van der Waals surface area contributed by atoms with E-state index in [9.17, 15) is 21.6 Å². The molecule has 2 aromatic rings. The first-order chi connectivity index (χ1) is 16.1. The van der Waals surface area contributed by atoms with Crippen LogP contribution < -0.4 is 19.1 Å². The van der Waals surface area contributed by atoms with E-state index in [0.717, 1.165) is 20.4 Å². The van der Waals surface area contributed by atoms with Crippen molar-refractivity contribution in [1.82, 2.24) is 9.62 Å². The Morgan fingerprint density at radius 2 is 1.74 bits per heavy atom. The summed E-state index contributed by atoms with van der Waals surface area (Å²) in [7, 11) is -3.15. The lowest BCUT2D eigenvalue weighted by atomic mass is 9.89. The Bertz CT molecular complexity index is 1310. The minimum absolute atomic E-state index is 0.0145. The quantitative estimate of drug-likeness (QED) is 0.560. The van der Waals surface area contributed by atoms with Crippen molar-refractivity contribution in [2.45, 2.75) is 36.8 Å². The molecule has 1 atom stereocenters. The topological polar surface area (TPSA) is 122 Å².